The Hall–Kier alpha value is -0.690. The van der Waals surface area contributed by atoms with E-state index < -0.39 is 5.60 Å². The van der Waals surface area contributed by atoms with Gasteiger partial charge in [-0.05, 0) is 20.4 Å². The molecule has 0 saturated carbocycles. The molecule has 0 aliphatic carbocycles. The molecule has 0 atom stereocenters. The Balaban J connectivity index is 2.17. The van der Waals surface area contributed by atoms with E-state index >= 15 is 0 Å². The highest BCUT2D eigenvalue weighted by molar-refractivity contribution is 7.15. The number of ether oxygens (including phenoxy) is 1. The molecule has 1 aliphatic heterocycles. The Bertz CT molecular complexity index is 434. The number of piperazine rings is 1. The van der Waals surface area contributed by atoms with E-state index in [4.69, 9.17) is 4.74 Å². The molecule has 0 spiro atoms. The van der Waals surface area contributed by atoms with Gasteiger partial charge in [0.1, 0.15) is 0 Å². The summed E-state index contributed by atoms with van der Waals surface area (Å²) in [7, 11) is 1.66. The summed E-state index contributed by atoms with van der Waals surface area (Å²) in [6, 6.07) is 0. The van der Waals surface area contributed by atoms with Gasteiger partial charge in [0.05, 0.1) is 22.8 Å². The van der Waals surface area contributed by atoms with Gasteiger partial charge >= 0.3 is 0 Å². The molecule has 5 nitrogen and oxygen atoms in total. The van der Waals surface area contributed by atoms with Gasteiger partial charge in [0, 0.05) is 33.3 Å². The molecule has 1 aromatic rings. The lowest BCUT2D eigenvalue weighted by Crippen LogP contribution is -2.46. The highest BCUT2D eigenvalue weighted by Gasteiger charge is 2.27. The van der Waals surface area contributed by atoms with E-state index in [9.17, 15) is 5.11 Å². The minimum absolute atomic E-state index is 0.449. The number of hydrogen-bond donors (Lipinski definition) is 1. The molecule has 20 heavy (non-hydrogen) atoms. The third-order valence-electron chi connectivity index (χ3n) is 3.61. The average molecular weight is 299 g/mol. The minimum Gasteiger partial charge on any atom is -0.385 e. The second-order valence-corrected chi connectivity index (χ2v) is 6.66. The first-order chi connectivity index (χ1) is 9.45. The van der Waals surface area contributed by atoms with Gasteiger partial charge in [-0.25, -0.2) is 4.98 Å². The molecule has 0 amide bonds. The second-order valence-electron chi connectivity index (χ2n) is 5.69. The van der Waals surface area contributed by atoms with E-state index in [0.717, 1.165) is 48.4 Å². The van der Waals surface area contributed by atoms with Crippen molar-refractivity contribution in [1.29, 1.82) is 0 Å². The zero-order valence-corrected chi connectivity index (χ0v) is 13.7. The molecule has 0 unspecified atom stereocenters. The van der Waals surface area contributed by atoms with E-state index in [-0.39, 0.29) is 0 Å². The zero-order valence-electron chi connectivity index (χ0n) is 12.8. The fourth-order valence-corrected chi connectivity index (χ4v) is 3.56. The van der Waals surface area contributed by atoms with Crippen molar-refractivity contribution in [2.75, 3.05) is 44.7 Å². The molecule has 1 N–H and O–H groups in total. The smallest absolute Gasteiger partial charge is 0.186 e. The van der Waals surface area contributed by atoms with Crippen LogP contribution in [0.25, 0.3) is 0 Å². The summed E-state index contributed by atoms with van der Waals surface area (Å²) < 4.78 is 5.21. The molecular weight excluding hydrogens is 274 g/mol. The lowest BCUT2D eigenvalue weighted by molar-refractivity contribution is 0.0782. The summed E-state index contributed by atoms with van der Waals surface area (Å²) in [5.41, 5.74) is -0.00686. The molecule has 0 bridgehead atoms. The second kappa shape index (κ2) is 6.39. The van der Waals surface area contributed by atoms with E-state index in [2.05, 4.69) is 21.7 Å². The number of methoxy groups -OCH3 is 1. The normalized spacial score (nSPS) is 17.8. The molecular formula is C14H25N3O2S. The number of thiazole rings is 1. The number of nitrogens with zero attached hydrogens (tertiary/aromatic N) is 3. The van der Waals surface area contributed by atoms with Gasteiger partial charge in [0.25, 0.3) is 0 Å². The Kier molecular flexibility index (Phi) is 5.01. The van der Waals surface area contributed by atoms with Crippen LogP contribution in [0, 0.1) is 0 Å². The summed E-state index contributed by atoms with van der Waals surface area (Å²) >= 11 is 1.59. The Labute approximate surface area is 125 Å². The minimum atomic E-state index is -0.866. The molecule has 1 saturated heterocycles. The van der Waals surface area contributed by atoms with Crippen molar-refractivity contribution in [3.63, 3.8) is 0 Å². The number of likely N-dealkylation sites (N-methyl/N-ethyl adjacent to an activating group) is 1. The van der Waals surface area contributed by atoms with Gasteiger partial charge in [0.2, 0.25) is 0 Å². The molecule has 0 radical (unpaired) electrons. The van der Waals surface area contributed by atoms with Crippen LogP contribution in [0.4, 0.5) is 5.13 Å². The third-order valence-corrected chi connectivity index (χ3v) is 5.08. The Morgan fingerprint density at radius 1 is 1.30 bits per heavy atom. The molecule has 0 aromatic carbocycles. The number of aliphatic hydroxyl groups is 1. The summed E-state index contributed by atoms with van der Waals surface area (Å²) in [5.74, 6) is 0. The van der Waals surface area contributed by atoms with Crippen molar-refractivity contribution in [2.45, 2.75) is 33.0 Å². The van der Waals surface area contributed by atoms with Crippen LogP contribution in [0.3, 0.4) is 0 Å². The topological polar surface area (TPSA) is 48.8 Å². The van der Waals surface area contributed by atoms with Crippen molar-refractivity contribution in [1.82, 2.24) is 9.88 Å². The molecule has 114 valence electrons. The Morgan fingerprint density at radius 2 is 1.95 bits per heavy atom. The van der Waals surface area contributed by atoms with Gasteiger partial charge in [-0.15, -0.1) is 0 Å². The summed E-state index contributed by atoms with van der Waals surface area (Å²) in [5, 5.41) is 11.3. The first kappa shape index (κ1) is 15.7. The SMILES string of the molecule is CCN1CCN(c2nc(COC)c(C(C)(C)O)s2)CC1. The Morgan fingerprint density at radius 3 is 2.45 bits per heavy atom. The monoisotopic (exact) mass is 299 g/mol. The lowest BCUT2D eigenvalue weighted by atomic mass is 10.1. The third kappa shape index (κ3) is 3.49. The standard InChI is InChI=1S/C14H25N3O2S/c1-5-16-6-8-17(9-7-16)13-15-11(10-19-4)12(20-13)14(2,3)18/h18H,5-10H2,1-4H3. The van der Waals surface area contributed by atoms with E-state index in [1.165, 1.54) is 0 Å². The van der Waals surface area contributed by atoms with Gasteiger partial charge in [-0.1, -0.05) is 18.3 Å². The fraction of sp³-hybridized carbons (Fsp3) is 0.786. The van der Waals surface area contributed by atoms with Gasteiger partial charge in [-0.3, -0.25) is 0 Å². The molecule has 6 heteroatoms. The molecule has 1 aliphatic rings. The van der Waals surface area contributed by atoms with Gasteiger partial charge in [-0.2, -0.15) is 0 Å². The fourth-order valence-electron chi connectivity index (χ4n) is 2.44. The zero-order chi connectivity index (χ0) is 14.8. The summed E-state index contributed by atoms with van der Waals surface area (Å²) in [6.45, 7) is 11.5. The summed E-state index contributed by atoms with van der Waals surface area (Å²) in [4.78, 5) is 10.3. The molecule has 2 heterocycles. The highest BCUT2D eigenvalue weighted by atomic mass is 32.1. The van der Waals surface area contributed by atoms with Crippen LogP contribution in [0.15, 0.2) is 0 Å². The van der Waals surface area contributed by atoms with Crippen LogP contribution in [0.2, 0.25) is 0 Å². The lowest BCUT2D eigenvalue weighted by Gasteiger charge is -2.33. The largest absolute Gasteiger partial charge is 0.385 e. The maximum Gasteiger partial charge on any atom is 0.186 e. The van der Waals surface area contributed by atoms with E-state index in [1.54, 1.807) is 32.3 Å². The number of rotatable bonds is 5. The first-order valence-corrected chi connectivity index (χ1v) is 7.96. The quantitative estimate of drug-likeness (QED) is 0.896. The van der Waals surface area contributed by atoms with Crippen LogP contribution in [0.1, 0.15) is 31.3 Å². The average Bonchev–Trinajstić information content (AvgIpc) is 2.83. The first-order valence-electron chi connectivity index (χ1n) is 7.14. The van der Waals surface area contributed by atoms with Crippen molar-refractivity contribution in [2.24, 2.45) is 0 Å². The van der Waals surface area contributed by atoms with Crippen LogP contribution >= 0.6 is 11.3 Å². The van der Waals surface area contributed by atoms with Crippen molar-refractivity contribution >= 4 is 16.5 Å². The highest BCUT2D eigenvalue weighted by Crippen LogP contribution is 2.35. The van der Waals surface area contributed by atoms with Crippen LogP contribution < -0.4 is 4.90 Å². The van der Waals surface area contributed by atoms with Crippen LogP contribution in [0.5, 0.6) is 0 Å². The predicted octanol–water partition coefficient (Wildman–Crippen LogP) is 1.66. The van der Waals surface area contributed by atoms with Crippen molar-refractivity contribution in [3.8, 4) is 0 Å². The van der Waals surface area contributed by atoms with Gasteiger partial charge < -0.3 is 19.6 Å². The van der Waals surface area contributed by atoms with Crippen molar-refractivity contribution in [3.05, 3.63) is 10.6 Å². The maximum atomic E-state index is 10.3. The van der Waals surface area contributed by atoms with Crippen LogP contribution in [-0.4, -0.2) is 54.8 Å². The molecule has 1 aromatic heterocycles. The number of aromatic nitrogens is 1. The maximum absolute atomic E-state index is 10.3. The summed E-state index contributed by atoms with van der Waals surface area (Å²) in [6.07, 6.45) is 0. The van der Waals surface area contributed by atoms with Crippen molar-refractivity contribution < 1.29 is 9.84 Å². The molecule has 1 fully saturated rings. The molecule has 2 rings (SSSR count). The van der Waals surface area contributed by atoms with Crippen LogP contribution in [-0.2, 0) is 16.9 Å². The number of hydrogen-bond acceptors (Lipinski definition) is 6. The van der Waals surface area contributed by atoms with Gasteiger partial charge in [0.15, 0.2) is 5.13 Å². The van der Waals surface area contributed by atoms with E-state index in [1.807, 2.05) is 0 Å². The number of anilines is 1. The van der Waals surface area contributed by atoms with E-state index in [0.29, 0.717) is 6.61 Å². The predicted molar refractivity (Wildman–Crippen MR) is 82.4 cm³/mol.